The molecule has 2 aromatic heterocycles. The monoisotopic (exact) mass is 278 g/mol. The Balaban J connectivity index is 2.19. The van der Waals surface area contributed by atoms with Crippen LogP contribution in [0.15, 0.2) is 12.4 Å². The minimum absolute atomic E-state index is 0.0589. The first-order chi connectivity index (χ1) is 9.40. The van der Waals surface area contributed by atoms with E-state index in [1.165, 1.54) is 18.7 Å². The fourth-order valence-electron chi connectivity index (χ4n) is 1.95. The summed E-state index contributed by atoms with van der Waals surface area (Å²) < 4.78 is 2.82. The summed E-state index contributed by atoms with van der Waals surface area (Å²) in [4.78, 5) is 22.5. The fourth-order valence-corrected chi connectivity index (χ4v) is 1.95. The lowest BCUT2D eigenvalue weighted by molar-refractivity contribution is -0.385. The molecule has 0 saturated carbocycles. The van der Waals surface area contributed by atoms with Crippen LogP contribution in [0, 0.1) is 17.0 Å². The van der Waals surface area contributed by atoms with Crippen molar-refractivity contribution in [2.24, 2.45) is 14.1 Å². The average Bonchev–Trinajstić information content (AvgIpc) is 2.89. The molecule has 0 spiro atoms. The lowest BCUT2D eigenvalue weighted by atomic mass is 10.2. The van der Waals surface area contributed by atoms with Gasteiger partial charge in [-0.05, 0) is 6.92 Å². The number of hydrogen-bond acceptors (Lipinski definition) is 5. The van der Waals surface area contributed by atoms with E-state index in [2.05, 4.69) is 15.5 Å². The third kappa shape index (κ3) is 2.51. The second-order valence-corrected chi connectivity index (χ2v) is 4.37. The van der Waals surface area contributed by atoms with Gasteiger partial charge in [-0.2, -0.15) is 10.2 Å². The molecule has 0 radical (unpaired) electrons. The van der Waals surface area contributed by atoms with E-state index in [9.17, 15) is 14.9 Å². The van der Waals surface area contributed by atoms with Gasteiger partial charge >= 0.3 is 5.69 Å². The van der Waals surface area contributed by atoms with E-state index in [4.69, 9.17) is 0 Å². The number of nitro groups is 1. The van der Waals surface area contributed by atoms with Crippen LogP contribution in [0.5, 0.6) is 0 Å². The maximum Gasteiger partial charge on any atom is 0.322 e. The van der Waals surface area contributed by atoms with Crippen molar-refractivity contribution in [1.82, 2.24) is 24.9 Å². The number of nitrogens with zero attached hydrogens (tertiary/aromatic N) is 5. The molecule has 9 nitrogen and oxygen atoms in total. The largest absolute Gasteiger partial charge is 0.346 e. The summed E-state index contributed by atoms with van der Waals surface area (Å²) in [5, 5.41) is 21.5. The summed E-state index contributed by atoms with van der Waals surface area (Å²) in [5.41, 5.74) is 0.694. The second kappa shape index (κ2) is 5.11. The van der Waals surface area contributed by atoms with E-state index < -0.39 is 10.8 Å². The van der Waals surface area contributed by atoms with Crippen molar-refractivity contribution in [3.05, 3.63) is 39.5 Å². The number of aryl methyl sites for hydroxylation is 3. The molecule has 0 aliphatic carbocycles. The van der Waals surface area contributed by atoms with Crippen molar-refractivity contribution >= 4 is 11.6 Å². The maximum atomic E-state index is 12.1. The summed E-state index contributed by atoms with van der Waals surface area (Å²) in [7, 11) is 3.26. The van der Waals surface area contributed by atoms with Crippen LogP contribution >= 0.6 is 0 Å². The molecule has 0 aliphatic heterocycles. The topological polar surface area (TPSA) is 108 Å². The second-order valence-electron chi connectivity index (χ2n) is 4.37. The normalized spacial score (nSPS) is 10.6. The van der Waals surface area contributed by atoms with E-state index in [0.717, 1.165) is 5.56 Å². The van der Waals surface area contributed by atoms with Gasteiger partial charge in [0.05, 0.1) is 11.1 Å². The molecule has 0 bridgehead atoms. The van der Waals surface area contributed by atoms with E-state index in [1.54, 1.807) is 24.1 Å². The van der Waals surface area contributed by atoms with Crippen LogP contribution in [0.3, 0.4) is 0 Å². The molecule has 20 heavy (non-hydrogen) atoms. The van der Waals surface area contributed by atoms with Gasteiger partial charge in [0.25, 0.3) is 5.91 Å². The predicted molar refractivity (Wildman–Crippen MR) is 69.0 cm³/mol. The Morgan fingerprint density at radius 3 is 2.75 bits per heavy atom. The number of carbonyl (C=O) groups is 1. The zero-order valence-electron chi connectivity index (χ0n) is 11.3. The van der Waals surface area contributed by atoms with Gasteiger partial charge < -0.3 is 5.32 Å². The standard InChI is InChI=1S/C11H14N6O3/c1-7-9(17(19)20)10(16(3)14-7)11(18)12-4-8-5-13-15(2)6-8/h5-6H,4H2,1-3H3,(H,12,18). The van der Waals surface area contributed by atoms with Gasteiger partial charge in [-0.3, -0.25) is 24.3 Å². The van der Waals surface area contributed by atoms with Crippen molar-refractivity contribution in [1.29, 1.82) is 0 Å². The van der Waals surface area contributed by atoms with Crippen LogP contribution in [0.2, 0.25) is 0 Å². The number of amides is 1. The van der Waals surface area contributed by atoms with Gasteiger partial charge in [0.1, 0.15) is 5.69 Å². The molecule has 2 rings (SSSR count). The van der Waals surface area contributed by atoms with Crippen molar-refractivity contribution in [3.8, 4) is 0 Å². The van der Waals surface area contributed by atoms with Crippen molar-refractivity contribution in [3.63, 3.8) is 0 Å². The van der Waals surface area contributed by atoms with Crippen LogP contribution in [-0.4, -0.2) is 30.4 Å². The highest BCUT2D eigenvalue weighted by atomic mass is 16.6. The van der Waals surface area contributed by atoms with Crippen molar-refractivity contribution in [2.45, 2.75) is 13.5 Å². The minimum atomic E-state index is -0.596. The molecule has 0 unspecified atom stereocenters. The number of aromatic nitrogens is 4. The molecule has 0 aromatic carbocycles. The summed E-state index contributed by atoms with van der Waals surface area (Å²) in [6.07, 6.45) is 3.37. The third-order valence-electron chi connectivity index (χ3n) is 2.80. The van der Waals surface area contributed by atoms with E-state index >= 15 is 0 Å². The summed E-state index contributed by atoms with van der Waals surface area (Å²) in [6.45, 7) is 1.74. The molecule has 0 aliphatic rings. The lowest BCUT2D eigenvalue weighted by Crippen LogP contribution is -2.25. The Hall–Kier alpha value is -2.71. The van der Waals surface area contributed by atoms with Gasteiger partial charge in [-0.25, -0.2) is 0 Å². The highest BCUT2D eigenvalue weighted by Crippen LogP contribution is 2.21. The summed E-state index contributed by atoms with van der Waals surface area (Å²) in [5.74, 6) is -0.538. The molecule has 0 saturated heterocycles. The Labute approximate surface area is 114 Å². The number of carbonyl (C=O) groups excluding carboxylic acids is 1. The van der Waals surface area contributed by atoms with Crippen LogP contribution in [0.4, 0.5) is 5.69 Å². The molecular formula is C11H14N6O3. The van der Waals surface area contributed by atoms with Crippen molar-refractivity contribution < 1.29 is 9.72 Å². The molecule has 106 valence electrons. The molecule has 0 fully saturated rings. The smallest absolute Gasteiger partial charge is 0.322 e. The highest BCUT2D eigenvalue weighted by Gasteiger charge is 2.28. The first-order valence-electron chi connectivity index (χ1n) is 5.84. The molecule has 1 N–H and O–H groups in total. The average molecular weight is 278 g/mol. The van der Waals surface area contributed by atoms with Gasteiger partial charge in [-0.1, -0.05) is 0 Å². The molecular weight excluding hydrogens is 264 g/mol. The first kappa shape index (κ1) is 13.7. The van der Waals surface area contributed by atoms with Gasteiger partial charge in [0.15, 0.2) is 0 Å². The fraction of sp³-hybridized carbons (Fsp3) is 0.364. The Morgan fingerprint density at radius 2 is 2.20 bits per heavy atom. The van der Waals surface area contributed by atoms with E-state index in [1.807, 2.05) is 0 Å². The molecule has 2 aromatic rings. The van der Waals surface area contributed by atoms with Crippen molar-refractivity contribution in [2.75, 3.05) is 0 Å². The summed E-state index contributed by atoms with van der Waals surface area (Å²) in [6, 6.07) is 0. The van der Waals surface area contributed by atoms with Gasteiger partial charge in [0, 0.05) is 32.4 Å². The highest BCUT2D eigenvalue weighted by molar-refractivity contribution is 5.96. The van der Waals surface area contributed by atoms with Gasteiger partial charge in [0.2, 0.25) is 5.69 Å². The van der Waals surface area contributed by atoms with Crippen LogP contribution < -0.4 is 5.32 Å². The van der Waals surface area contributed by atoms with Crippen LogP contribution in [0.25, 0.3) is 0 Å². The van der Waals surface area contributed by atoms with Crippen LogP contribution in [0.1, 0.15) is 21.7 Å². The zero-order chi connectivity index (χ0) is 14.9. The maximum absolute atomic E-state index is 12.1. The predicted octanol–water partition coefficient (Wildman–Crippen LogP) is 0.300. The quantitative estimate of drug-likeness (QED) is 0.639. The van der Waals surface area contributed by atoms with Crippen LogP contribution in [-0.2, 0) is 20.6 Å². The zero-order valence-corrected chi connectivity index (χ0v) is 11.3. The Bertz CT molecular complexity index is 672. The molecule has 2 heterocycles. The minimum Gasteiger partial charge on any atom is -0.346 e. The van der Waals surface area contributed by atoms with Gasteiger partial charge in [-0.15, -0.1) is 0 Å². The number of rotatable bonds is 4. The number of hydrogen-bond donors (Lipinski definition) is 1. The SMILES string of the molecule is Cc1nn(C)c(C(=O)NCc2cnn(C)c2)c1[N+](=O)[O-]. The van der Waals surface area contributed by atoms with E-state index in [-0.39, 0.29) is 23.6 Å². The number of nitrogens with one attached hydrogen (secondary N) is 1. The Kier molecular flexibility index (Phi) is 3.51. The third-order valence-corrected chi connectivity index (χ3v) is 2.80. The molecule has 9 heteroatoms. The lowest BCUT2D eigenvalue weighted by Gasteiger charge is -2.03. The summed E-state index contributed by atoms with van der Waals surface area (Å²) >= 11 is 0. The molecule has 0 atom stereocenters. The first-order valence-corrected chi connectivity index (χ1v) is 5.84. The molecule has 1 amide bonds. The van der Waals surface area contributed by atoms with E-state index in [0.29, 0.717) is 0 Å². The Morgan fingerprint density at radius 1 is 1.50 bits per heavy atom.